The van der Waals surface area contributed by atoms with E-state index in [1.807, 2.05) is 11.0 Å². The summed E-state index contributed by atoms with van der Waals surface area (Å²) in [6, 6.07) is 4.15. The summed E-state index contributed by atoms with van der Waals surface area (Å²) in [4.78, 5) is 18.4. The standard InChI is InChI=1S/C13H19N3O/c1-10(2)16(12-5-7-15-9-12)13(17)11-4-3-6-14-8-11/h3-4,6,8,10,12,15H,5,7,9H2,1-2H3. The van der Waals surface area contributed by atoms with Crippen molar-refractivity contribution in [3.8, 4) is 0 Å². The molecule has 17 heavy (non-hydrogen) atoms. The minimum Gasteiger partial charge on any atom is -0.332 e. The highest BCUT2D eigenvalue weighted by Gasteiger charge is 2.29. The first-order valence-corrected chi connectivity index (χ1v) is 6.13. The van der Waals surface area contributed by atoms with Gasteiger partial charge in [-0.05, 0) is 38.9 Å². The smallest absolute Gasteiger partial charge is 0.255 e. The topological polar surface area (TPSA) is 45.2 Å². The van der Waals surface area contributed by atoms with Crippen LogP contribution in [0.5, 0.6) is 0 Å². The van der Waals surface area contributed by atoms with E-state index in [1.54, 1.807) is 18.5 Å². The van der Waals surface area contributed by atoms with Gasteiger partial charge in [0.25, 0.3) is 5.91 Å². The zero-order chi connectivity index (χ0) is 12.3. The van der Waals surface area contributed by atoms with Crippen LogP contribution in [0.2, 0.25) is 0 Å². The fourth-order valence-corrected chi connectivity index (χ4v) is 2.34. The maximum atomic E-state index is 12.4. The maximum Gasteiger partial charge on any atom is 0.255 e. The molecule has 1 aliphatic heterocycles. The highest BCUT2D eigenvalue weighted by molar-refractivity contribution is 5.94. The minimum atomic E-state index is 0.0850. The highest BCUT2D eigenvalue weighted by atomic mass is 16.2. The molecule has 1 atom stereocenters. The Bertz CT molecular complexity index is 372. The molecule has 0 bridgehead atoms. The molecule has 0 saturated carbocycles. The fourth-order valence-electron chi connectivity index (χ4n) is 2.34. The number of carbonyl (C=O) groups excluding carboxylic acids is 1. The summed E-state index contributed by atoms with van der Waals surface area (Å²) < 4.78 is 0. The van der Waals surface area contributed by atoms with Crippen LogP contribution in [-0.2, 0) is 0 Å². The van der Waals surface area contributed by atoms with Crippen molar-refractivity contribution in [3.63, 3.8) is 0 Å². The lowest BCUT2D eigenvalue weighted by molar-refractivity contribution is 0.0626. The molecule has 92 valence electrons. The Hall–Kier alpha value is -1.42. The molecule has 0 aliphatic carbocycles. The van der Waals surface area contributed by atoms with Gasteiger partial charge in [0.05, 0.1) is 5.56 Å². The summed E-state index contributed by atoms with van der Waals surface area (Å²) >= 11 is 0. The average Bonchev–Trinajstić information content (AvgIpc) is 2.83. The molecule has 2 heterocycles. The molecule has 1 N–H and O–H groups in total. The first-order chi connectivity index (χ1) is 8.20. The van der Waals surface area contributed by atoms with Crippen molar-refractivity contribution in [2.45, 2.75) is 32.4 Å². The molecule has 4 nitrogen and oxygen atoms in total. The molecule has 1 amide bonds. The van der Waals surface area contributed by atoms with Crippen molar-refractivity contribution in [1.82, 2.24) is 15.2 Å². The number of pyridine rings is 1. The van der Waals surface area contributed by atoms with Crippen LogP contribution >= 0.6 is 0 Å². The van der Waals surface area contributed by atoms with Gasteiger partial charge in [0.1, 0.15) is 0 Å². The van der Waals surface area contributed by atoms with Gasteiger partial charge in [-0.2, -0.15) is 0 Å². The van der Waals surface area contributed by atoms with E-state index in [0.717, 1.165) is 19.5 Å². The van der Waals surface area contributed by atoms with E-state index < -0.39 is 0 Å². The second-order valence-corrected chi connectivity index (χ2v) is 4.69. The summed E-state index contributed by atoms with van der Waals surface area (Å²) in [6.45, 7) is 6.01. The lowest BCUT2D eigenvalue weighted by Gasteiger charge is -2.32. The molecule has 1 saturated heterocycles. The normalized spacial score (nSPS) is 19.6. The SMILES string of the molecule is CC(C)N(C(=O)c1cccnc1)C1CCNC1. The molecule has 1 aromatic heterocycles. The molecular weight excluding hydrogens is 214 g/mol. The van der Waals surface area contributed by atoms with Crippen molar-refractivity contribution in [2.24, 2.45) is 0 Å². The number of aromatic nitrogens is 1. The van der Waals surface area contributed by atoms with E-state index in [9.17, 15) is 4.79 Å². The Balaban J connectivity index is 2.19. The molecule has 1 unspecified atom stereocenters. The quantitative estimate of drug-likeness (QED) is 0.855. The van der Waals surface area contributed by atoms with Gasteiger partial charge in [-0.15, -0.1) is 0 Å². The van der Waals surface area contributed by atoms with E-state index in [2.05, 4.69) is 24.1 Å². The molecule has 4 heteroatoms. The third kappa shape index (κ3) is 2.64. The summed E-state index contributed by atoms with van der Waals surface area (Å²) in [5.74, 6) is 0.0850. The van der Waals surface area contributed by atoms with Gasteiger partial charge in [-0.1, -0.05) is 0 Å². The van der Waals surface area contributed by atoms with E-state index in [-0.39, 0.29) is 11.9 Å². The number of amides is 1. The summed E-state index contributed by atoms with van der Waals surface area (Å²) in [7, 11) is 0. The molecule has 1 fully saturated rings. The number of carbonyl (C=O) groups is 1. The van der Waals surface area contributed by atoms with Gasteiger partial charge < -0.3 is 10.2 Å². The van der Waals surface area contributed by atoms with Crippen LogP contribution in [-0.4, -0.2) is 41.0 Å². The lowest BCUT2D eigenvalue weighted by atomic mass is 10.1. The molecule has 0 radical (unpaired) electrons. The Morgan fingerprint density at radius 3 is 2.94 bits per heavy atom. The van der Waals surface area contributed by atoms with Crippen LogP contribution in [0.1, 0.15) is 30.6 Å². The van der Waals surface area contributed by atoms with Gasteiger partial charge in [0.2, 0.25) is 0 Å². The van der Waals surface area contributed by atoms with Crippen molar-refractivity contribution < 1.29 is 4.79 Å². The van der Waals surface area contributed by atoms with Crippen LogP contribution in [0.4, 0.5) is 0 Å². The first kappa shape index (κ1) is 12.0. The van der Waals surface area contributed by atoms with Gasteiger partial charge in [-0.25, -0.2) is 0 Å². The molecule has 2 rings (SSSR count). The van der Waals surface area contributed by atoms with Crippen LogP contribution in [0.15, 0.2) is 24.5 Å². The van der Waals surface area contributed by atoms with Crippen molar-refractivity contribution >= 4 is 5.91 Å². The molecule has 1 aromatic rings. The minimum absolute atomic E-state index is 0.0850. The zero-order valence-corrected chi connectivity index (χ0v) is 10.4. The maximum absolute atomic E-state index is 12.4. The second-order valence-electron chi connectivity index (χ2n) is 4.69. The highest BCUT2D eigenvalue weighted by Crippen LogP contribution is 2.16. The molecule has 0 aromatic carbocycles. The van der Waals surface area contributed by atoms with E-state index in [1.165, 1.54) is 0 Å². The third-order valence-electron chi connectivity index (χ3n) is 3.13. The predicted octanol–water partition coefficient (Wildman–Crippen LogP) is 1.29. The predicted molar refractivity (Wildman–Crippen MR) is 66.8 cm³/mol. The monoisotopic (exact) mass is 233 g/mol. The molecule has 0 spiro atoms. The number of nitrogens with one attached hydrogen (secondary N) is 1. The number of nitrogens with zero attached hydrogens (tertiary/aromatic N) is 2. The Labute approximate surface area is 102 Å². The van der Waals surface area contributed by atoms with Gasteiger partial charge in [0.15, 0.2) is 0 Å². The van der Waals surface area contributed by atoms with Crippen LogP contribution in [0.3, 0.4) is 0 Å². The van der Waals surface area contributed by atoms with Gasteiger partial charge >= 0.3 is 0 Å². The van der Waals surface area contributed by atoms with Gasteiger partial charge in [-0.3, -0.25) is 9.78 Å². The Morgan fingerprint density at radius 1 is 1.59 bits per heavy atom. The van der Waals surface area contributed by atoms with E-state index >= 15 is 0 Å². The lowest BCUT2D eigenvalue weighted by Crippen LogP contribution is -2.45. The van der Waals surface area contributed by atoms with Crippen LogP contribution in [0.25, 0.3) is 0 Å². The van der Waals surface area contributed by atoms with E-state index in [4.69, 9.17) is 0 Å². The number of rotatable bonds is 3. The van der Waals surface area contributed by atoms with Gasteiger partial charge in [0, 0.05) is 31.0 Å². The Kier molecular flexibility index (Phi) is 3.74. The number of hydrogen-bond donors (Lipinski definition) is 1. The fraction of sp³-hybridized carbons (Fsp3) is 0.538. The van der Waals surface area contributed by atoms with E-state index in [0.29, 0.717) is 11.6 Å². The first-order valence-electron chi connectivity index (χ1n) is 6.13. The molecule has 1 aliphatic rings. The molecular formula is C13H19N3O. The zero-order valence-electron chi connectivity index (χ0n) is 10.4. The van der Waals surface area contributed by atoms with Crippen LogP contribution < -0.4 is 5.32 Å². The van der Waals surface area contributed by atoms with Crippen molar-refractivity contribution in [3.05, 3.63) is 30.1 Å². The average molecular weight is 233 g/mol. The largest absolute Gasteiger partial charge is 0.332 e. The van der Waals surface area contributed by atoms with Crippen molar-refractivity contribution in [2.75, 3.05) is 13.1 Å². The summed E-state index contributed by atoms with van der Waals surface area (Å²) in [5, 5.41) is 3.30. The van der Waals surface area contributed by atoms with Crippen molar-refractivity contribution in [1.29, 1.82) is 0 Å². The third-order valence-corrected chi connectivity index (χ3v) is 3.13. The van der Waals surface area contributed by atoms with Crippen LogP contribution in [0, 0.1) is 0 Å². The summed E-state index contributed by atoms with van der Waals surface area (Å²) in [6.07, 6.45) is 4.36. The Morgan fingerprint density at radius 2 is 2.41 bits per heavy atom. The summed E-state index contributed by atoms with van der Waals surface area (Å²) in [5.41, 5.74) is 0.674. The number of hydrogen-bond acceptors (Lipinski definition) is 3. The second kappa shape index (κ2) is 5.27.